The maximum atomic E-state index is 11.4. The van der Waals surface area contributed by atoms with Gasteiger partial charge in [-0.3, -0.25) is 4.79 Å². The largest absolute Gasteiger partial charge is 0.508 e. The van der Waals surface area contributed by atoms with E-state index in [-0.39, 0.29) is 12.1 Å². The number of ether oxygens (including phenoxy) is 1. The van der Waals surface area contributed by atoms with Crippen LogP contribution in [0.25, 0.3) is 0 Å². The number of hydrogen-bond donors (Lipinski definition) is 1. The summed E-state index contributed by atoms with van der Waals surface area (Å²) in [6, 6.07) is 1.81. The summed E-state index contributed by atoms with van der Waals surface area (Å²) in [6.45, 7) is 7.91. The fourth-order valence-electron chi connectivity index (χ4n) is 3.18. The van der Waals surface area contributed by atoms with E-state index >= 15 is 0 Å². The molecule has 1 aromatic carbocycles. The Bertz CT molecular complexity index is 505. The molecule has 19 heavy (non-hydrogen) atoms. The molecular weight excluding hydrogens is 240 g/mol. The number of fused-ring (bicyclic) bond motifs is 3. The summed E-state index contributed by atoms with van der Waals surface area (Å²) < 4.78 is 5.43. The summed E-state index contributed by atoms with van der Waals surface area (Å²) in [6.07, 6.45) is 2.39. The van der Waals surface area contributed by atoms with Crippen LogP contribution >= 0.6 is 0 Å². The minimum absolute atomic E-state index is 0.103. The molecule has 1 aromatic rings. The van der Waals surface area contributed by atoms with Crippen LogP contribution in [0.15, 0.2) is 6.07 Å². The van der Waals surface area contributed by atoms with Gasteiger partial charge in [0.25, 0.3) is 0 Å². The van der Waals surface area contributed by atoms with E-state index in [1.807, 2.05) is 33.8 Å². The predicted molar refractivity (Wildman–Crippen MR) is 74.2 cm³/mol. The number of aryl methyl sites for hydroxylation is 1. The van der Waals surface area contributed by atoms with Crippen LogP contribution in [-0.4, -0.2) is 11.1 Å². The predicted octanol–water partition coefficient (Wildman–Crippen LogP) is 3.59. The van der Waals surface area contributed by atoms with Gasteiger partial charge in [-0.1, -0.05) is 13.8 Å². The maximum Gasteiger partial charge on any atom is 0.306 e. The fourth-order valence-corrected chi connectivity index (χ4v) is 3.18. The molecule has 0 bridgehead atoms. The summed E-state index contributed by atoms with van der Waals surface area (Å²) in [4.78, 5) is 11.4. The Morgan fingerprint density at radius 3 is 2.68 bits per heavy atom. The average molecular weight is 262 g/mol. The Labute approximate surface area is 114 Å². The molecule has 1 saturated heterocycles. The van der Waals surface area contributed by atoms with E-state index in [4.69, 9.17) is 4.74 Å². The van der Waals surface area contributed by atoms with E-state index in [1.54, 1.807) is 0 Å². The molecule has 1 N–H and O–H groups in total. The fraction of sp³-hybridized carbons (Fsp3) is 0.562. The Balaban J connectivity index is 0.000000637. The van der Waals surface area contributed by atoms with Gasteiger partial charge in [-0.25, -0.2) is 0 Å². The maximum absolute atomic E-state index is 11.4. The molecule has 3 nitrogen and oxygen atoms in total. The third-order valence-corrected chi connectivity index (χ3v) is 4.11. The molecule has 0 radical (unpaired) electrons. The van der Waals surface area contributed by atoms with Crippen molar-refractivity contribution in [2.45, 2.75) is 53.1 Å². The van der Waals surface area contributed by atoms with Gasteiger partial charge in [0.15, 0.2) is 0 Å². The van der Waals surface area contributed by atoms with Crippen molar-refractivity contribution in [3.05, 3.63) is 28.3 Å². The minimum atomic E-state index is -0.128. The van der Waals surface area contributed by atoms with Gasteiger partial charge in [0.2, 0.25) is 0 Å². The lowest BCUT2D eigenvalue weighted by molar-refractivity contribution is -0.141. The molecule has 3 rings (SSSR count). The highest BCUT2D eigenvalue weighted by molar-refractivity contribution is 5.73. The highest BCUT2D eigenvalue weighted by Crippen LogP contribution is 2.47. The second kappa shape index (κ2) is 5.24. The second-order valence-electron chi connectivity index (χ2n) is 5.14. The van der Waals surface area contributed by atoms with E-state index in [1.165, 1.54) is 5.56 Å². The van der Waals surface area contributed by atoms with Crippen LogP contribution in [-0.2, 0) is 16.0 Å². The zero-order chi connectivity index (χ0) is 14.2. The standard InChI is InChI=1S/C14H16O3.C2H6/c1-7-5-11(15)8(2)13-10(7)4-3-9-6-12(16)17-14(9)13;1-2/h5,9,14-15H,3-4,6H2,1-2H3;1-2H3. The zero-order valence-electron chi connectivity index (χ0n) is 12.1. The van der Waals surface area contributed by atoms with Gasteiger partial charge in [0, 0.05) is 11.5 Å². The Morgan fingerprint density at radius 1 is 1.32 bits per heavy atom. The van der Waals surface area contributed by atoms with Gasteiger partial charge < -0.3 is 9.84 Å². The van der Waals surface area contributed by atoms with Gasteiger partial charge in [0.1, 0.15) is 11.9 Å². The molecule has 0 aromatic heterocycles. The quantitative estimate of drug-likeness (QED) is 0.727. The topological polar surface area (TPSA) is 46.5 Å². The number of aromatic hydroxyl groups is 1. The first-order valence-corrected chi connectivity index (χ1v) is 7.09. The number of carbonyl (C=O) groups excluding carboxylic acids is 1. The van der Waals surface area contributed by atoms with Crippen LogP contribution in [0.2, 0.25) is 0 Å². The molecule has 2 aliphatic rings. The Kier molecular flexibility index (Phi) is 3.83. The summed E-state index contributed by atoms with van der Waals surface area (Å²) >= 11 is 0. The average Bonchev–Trinajstić information content (AvgIpc) is 2.77. The summed E-state index contributed by atoms with van der Waals surface area (Å²) in [7, 11) is 0. The van der Waals surface area contributed by atoms with Crippen LogP contribution < -0.4 is 0 Å². The number of phenolic OH excluding ortho intramolecular Hbond substituents is 1. The first-order valence-electron chi connectivity index (χ1n) is 7.09. The van der Waals surface area contributed by atoms with Crippen LogP contribution in [0.3, 0.4) is 0 Å². The van der Waals surface area contributed by atoms with Gasteiger partial charge in [-0.15, -0.1) is 0 Å². The van der Waals surface area contributed by atoms with E-state index in [0.717, 1.165) is 29.5 Å². The summed E-state index contributed by atoms with van der Waals surface area (Å²) in [5.74, 6) is 0.507. The number of benzene rings is 1. The van der Waals surface area contributed by atoms with E-state index in [0.29, 0.717) is 18.1 Å². The number of rotatable bonds is 0. The molecule has 2 atom stereocenters. The molecule has 0 amide bonds. The number of hydrogen-bond acceptors (Lipinski definition) is 3. The van der Waals surface area contributed by atoms with E-state index < -0.39 is 0 Å². The van der Waals surface area contributed by atoms with Gasteiger partial charge in [0.05, 0.1) is 6.42 Å². The van der Waals surface area contributed by atoms with Gasteiger partial charge in [-0.05, 0) is 49.4 Å². The molecular formula is C16H22O3. The lowest BCUT2D eigenvalue weighted by Crippen LogP contribution is -2.19. The smallest absolute Gasteiger partial charge is 0.306 e. The molecule has 0 spiro atoms. The van der Waals surface area contributed by atoms with Crippen molar-refractivity contribution in [1.29, 1.82) is 0 Å². The van der Waals surface area contributed by atoms with Crippen LogP contribution in [0, 0.1) is 19.8 Å². The van der Waals surface area contributed by atoms with Crippen molar-refractivity contribution in [3.8, 4) is 5.75 Å². The second-order valence-corrected chi connectivity index (χ2v) is 5.14. The minimum Gasteiger partial charge on any atom is -0.508 e. The van der Waals surface area contributed by atoms with Crippen LogP contribution in [0.4, 0.5) is 0 Å². The number of esters is 1. The van der Waals surface area contributed by atoms with Crippen molar-refractivity contribution >= 4 is 5.97 Å². The molecule has 1 fully saturated rings. The van der Waals surface area contributed by atoms with Crippen molar-refractivity contribution in [1.82, 2.24) is 0 Å². The van der Waals surface area contributed by atoms with Crippen molar-refractivity contribution < 1.29 is 14.6 Å². The van der Waals surface area contributed by atoms with Gasteiger partial charge >= 0.3 is 5.97 Å². The van der Waals surface area contributed by atoms with Gasteiger partial charge in [-0.2, -0.15) is 0 Å². The van der Waals surface area contributed by atoms with Crippen molar-refractivity contribution in [2.24, 2.45) is 5.92 Å². The monoisotopic (exact) mass is 262 g/mol. The Hall–Kier alpha value is -1.51. The van der Waals surface area contributed by atoms with Crippen LogP contribution in [0.1, 0.15) is 55.0 Å². The summed E-state index contributed by atoms with van der Waals surface area (Å²) in [5, 5.41) is 9.90. The molecule has 0 saturated carbocycles. The highest BCUT2D eigenvalue weighted by Gasteiger charge is 2.41. The van der Waals surface area contributed by atoms with Crippen LogP contribution in [0.5, 0.6) is 5.75 Å². The Morgan fingerprint density at radius 2 is 2.00 bits per heavy atom. The summed E-state index contributed by atoms with van der Waals surface area (Å²) in [5.41, 5.74) is 4.29. The first-order chi connectivity index (χ1) is 9.08. The SMILES string of the molecule is CC.Cc1cc(O)c(C)c2c1CCC1CC(=O)OC21. The molecule has 1 aliphatic heterocycles. The molecule has 3 heteroatoms. The third-order valence-electron chi connectivity index (χ3n) is 4.11. The lowest BCUT2D eigenvalue weighted by Gasteiger charge is -2.29. The molecule has 1 heterocycles. The zero-order valence-corrected chi connectivity index (χ0v) is 12.1. The highest BCUT2D eigenvalue weighted by atomic mass is 16.5. The molecule has 104 valence electrons. The van der Waals surface area contributed by atoms with E-state index in [9.17, 15) is 9.90 Å². The number of carbonyl (C=O) groups is 1. The first kappa shape index (κ1) is 13.9. The van der Waals surface area contributed by atoms with Crippen molar-refractivity contribution in [2.75, 3.05) is 0 Å². The van der Waals surface area contributed by atoms with E-state index in [2.05, 4.69) is 0 Å². The lowest BCUT2D eigenvalue weighted by atomic mass is 9.77. The normalized spacial score (nSPS) is 23.9. The van der Waals surface area contributed by atoms with Crippen molar-refractivity contribution in [3.63, 3.8) is 0 Å². The number of phenols is 1. The third kappa shape index (κ3) is 2.22. The molecule has 2 unspecified atom stereocenters. The molecule has 1 aliphatic carbocycles.